The number of aromatic nitrogens is 2. The summed E-state index contributed by atoms with van der Waals surface area (Å²) < 4.78 is 2.04. The van der Waals surface area contributed by atoms with Crippen LogP contribution in [0.5, 0.6) is 0 Å². The molecule has 0 aliphatic heterocycles. The van der Waals surface area contributed by atoms with E-state index in [1.807, 2.05) is 35.9 Å². The molecule has 0 saturated heterocycles. The van der Waals surface area contributed by atoms with Crippen molar-refractivity contribution in [3.8, 4) is 5.69 Å². The number of nitrogens with one attached hydrogen (secondary N) is 1. The molecule has 1 aromatic carbocycles. The summed E-state index contributed by atoms with van der Waals surface area (Å²) >= 11 is 6.16. The second-order valence-electron chi connectivity index (χ2n) is 4.29. The van der Waals surface area contributed by atoms with Crippen molar-refractivity contribution in [2.24, 2.45) is 0 Å². The van der Waals surface area contributed by atoms with Gasteiger partial charge in [0.1, 0.15) is 0 Å². The lowest BCUT2D eigenvalue weighted by Crippen LogP contribution is -2.08. The second kappa shape index (κ2) is 5.91. The molecule has 0 radical (unpaired) electrons. The molecule has 1 N–H and O–H groups in total. The lowest BCUT2D eigenvalue weighted by molar-refractivity contribution is 0.823. The number of anilines is 1. The van der Waals surface area contributed by atoms with Gasteiger partial charge in [-0.15, -0.1) is 0 Å². The molecule has 0 bridgehead atoms. The van der Waals surface area contributed by atoms with Gasteiger partial charge in [0.25, 0.3) is 0 Å². The maximum Gasteiger partial charge on any atom is 0.207 e. The SMILES string of the molecule is CCCCNc1nccn1-c1cccc(Cl)c1C. The van der Waals surface area contributed by atoms with Gasteiger partial charge in [0, 0.05) is 24.0 Å². The Labute approximate surface area is 113 Å². The zero-order valence-corrected chi connectivity index (χ0v) is 11.5. The molecule has 4 heteroatoms. The molecule has 0 unspecified atom stereocenters. The van der Waals surface area contributed by atoms with E-state index in [1.165, 1.54) is 6.42 Å². The van der Waals surface area contributed by atoms with E-state index in [-0.39, 0.29) is 0 Å². The Morgan fingerprint density at radius 3 is 3.00 bits per heavy atom. The summed E-state index contributed by atoms with van der Waals surface area (Å²) in [5.74, 6) is 0.869. The summed E-state index contributed by atoms with van der Waals surface area (Å²) in [6, 6.07) is 5.91. The van der Waals surface area contributed by atoms with Gasteiger partial charge in [0.15, 0.2) is 0 Å². The quantitative estimate of drug-likeness (QED) is 0.825. The largest absolute Gasteiger partial charge is 0.355 e. The van der Waals surface area contributed by atoms with Gasteiger partial charge in [-0.2, -0.15) is 0 Å². The number of rotatable bonds is 5. The summed E-state index contributed by atoms with van der Waals surface area (Å²) in [6.07, 6.45) is 6.06. The highest BCUT2D eigenvalue weighted by atomic mass is 35.5. The average molecular weight is 264 g/mol. The van der Waals surface area contributed by atoms with Crippen LogP contribution in [-0.4, -0.2) is 16.1 Å². The van der Waals surface area contributed by atoms with Gasteiger partial charge in [-0.25, -0.2) is 4.98 Å². The van der Waals surface area contributed by atoms with Crippen molar-refractivity contribution in [2.75, 3.05) is 11.9 Å². The Bertz CT molecular complexity index is 520. The monoisotopic (exact) mass is 263 g/mol. The van der Waals surface area contributed by atoms with Gasteiger partial charge < -0.3 is 5.32 Å². The van der Waals surface area contributed by atoms with Crippen LogP contribution in [0.4, 0.5) is 5.95 Å². The van der Waals surface area contributed by atoms with Crippen molar-refractivity contribution in [1.29, 1.82) is 0 Å². The fraction of sp³-hybridized carbons (Fsp3) is 0.357. The summed E-state index contributed by atoms with van der Waals surface area (Å²) in [4.78, 5) is 4.34. The third-order valence-corrected chi connectivity index (χ3v) is 3.36. The minimum Gasteiger partial charge on any atom is -0.355 e. The first-order chi connectivity index (χ1) is 8.74. The first-order valence-corrected chi connectivity index (χ1v) is 6.64. The van der Waals surface area contributed by atoms with Crippen molar-refractivity contribution in [2.45, 2.75) is 26.7 Å². The maximum atomic E-state index is 6.16. The highest BCUT2D eigenvalue weighted by molar-refractivity contribution is 6.31. The van der Waals surface area contributed by atoms with Crippen LogP contribution in [0.1, 0.15) is 25.3 Å². The summed E-state index contributed by atoms with van der Waals surface area (Å²) in [7, 11) is 0. The zero-order valence-electron chi connectivity index (χ0n) is 10.8. The summed E-state index contributed by atoms with van der Waals surface area (Å²) in [5, 5.41) is 4.13. The third kappa shape index (κ3) is 2.67. The van der Waals surface area contributed by atoms with Gasteiger partial charge >= 0.3 is 0 Å². The summed E-state index contributed by atoms with van der Waals surface area (Å²) in [5.41, 5.74) is 2.13. The maximum absolute atomic E-state index is 6.16. The molecule has 0 atom stereocenters. The van der Waals surface area contributed by atoms with Crippen molar-refractivity contribution in [3.05, 3.63) is 41.2 Å². The normalized spacial score (nSPS) is 10.6. The number of hydrogen-bond donors (Lipinski definition) is 1. The van der Waals surface area contributed by atoms with Crippen LogP contribution in [0.25, 0.3) is 5.69 Å². The molecule has 1 aromatic heterocycles. The van der Waals surface area contributed by atoms with Crippen LogP contribution < -0.4 is 5.32 Å². The Morgan fingerprint density at radius 2 is 2.22 bits per heavy atom. The molecular formula is C14H18ClN3. The van der Waals surface area contributed by atoms with Crippen LogP contribution in [0, 0.1) is 6.92 Å². The zero-order chi connectivity index (χ0) is 13.0. The van der Waals surface area contributed by atoms with Crippen molar-refractivity contribution in [3.63, 3.8) is 0 Å². The van der Waals surface area contributed by atoms with Crippen LogP contribution >= 0.6 is 11.6 Å². The van der Waals surface area contributed by atoms with Gasteiger partial charge in [0.2, 0.25) is 5.95 Å². The smallest absolute Gasteiger partial charge is 0.207 e. The summed E-state index contributed by atoms with van der Waals surface area (Å²) in [6.45, 7) is 5.13. The number of nitrogens with zero attached hydrogens (tertiary/aromatic N) is 2. The lowest BCUT2D eigenvalue weighted by atomic mass is 10.2. The Kier molecular flexibility index (Phi) is 4.26. The number of benzene rings is 1. The van der Waals surface area contributed by atoms with E-state index in [0.29, 0.717) is 0 Å². The Balaban J connectivity index is 2.28. The molecule has 18 heavy (non-hydrogen) atoms. The average Bonchev–Trinajstić information content (AvgIpc) is 2.81. The van der Waals surface area contributed by atoms with E-state index >= 15 is 0 Å². The van der Waals surface area contributed by atoms with Crippen LogP contribution in [0.15, 0.2) is 30.6 Å². The fourth-order valence-electron chi connectivity index (χ4n) is 1.86. The molecule has 0 fully saturated rings. The fourth-order valence-corrected chi connectivity index (χ4v) is 2.03. The van der Waals surface area contributed by atoms with Gasteiger partial charge in [-0.1, -0.05) is 31.0 Å². The molecule has 2 rings (SSSR count). The van der Waals surface area contributed by atoms with Crippen molar-refractivity contribution < 1.29 is 0 Å². The van der Waals surface area contributed by atoms with E-state index in [9.17, 15) is 0 Å². The van der Waals surface area contributed by atoms with Crippen LogP contribution in [0.2, 0.25) is 5.02 Å². The minimum absolute atomic E-state index is 0.778. The van der Waals surface area contributed by atoms with E-state index in [1.54, 1.807) is 6.20 Å². The Hall–Kier alpha value is -1.48. The molecular weight excluding hydrogens is 246 g/mol. The molecule has 0 saturated carbocycles. The molecule has 96 valence electrons. The predicted molar refractivity (Wildman–Crippen MR) is 76.7 cm³/mol. The second-order valence-corrected chi connectivity index (χ2v) is 4.69. The highest BCUT2D eigenvalue weighted by Gasteiger charge is 2.08. The number of hydrogen-bond acceptors (Lipinski definition) is 2. The molecule has 0 aliphatic rings. The predicted octanol–water partition coefficient (Wildman–Crippen LogP) is 4.05. The van der Waals surface area contributed by atoms with E-state index in [0.717, 1.165) is 35.2 Å². The van der Waals surface area contributed by atoms with Crippen molar-refractivity contribution >= 4 is 17.5 Å². The first-order valence-electron chi connectivity index (χ1n) is 6.26. The van der Waals surface area contributed by atoms with E-state index in [2.05, 4.69) is 17.2 Å². The Morgan fingerprint density at radius 1 is 1.39 bits per heavy atom. The van der Waals surface area contributed by atoms with Crippen LogP contribution in [0.3, 0.4) is 0 Å². The molecule has 2 aromatic rings. The molecule has 0 aliphatic carbocycles. The highest BCUT2D eigenvalue weighted by Crippen LogP contribution is 2.24. The molecule has 0 spiro atoms. The number of imidazole rings is 1. The lowest BCUT2D eigenvalue weighted by Gasteiger charge is -2.12. The van der Waals surface area contributed by atoms with Crippen LogP contribution in [-0.2, 0) is 0 Å². The van der Waals surface area contributed by atoms with Crippen molar-refractivity contribution in [1.82, 2.24) is 9.55 Å². The first kappa shape index (κ1) is 13.0. The third-order valence-electron chi connectivity index (χ3n) is 2.95. The van der Waals surface area contributed by atoms with Gasteiger partial charge in [0.05, 0.1) is 5.69 Å². The number of halogens is 1. The van der Waals surface area contributed by atoms with Gasteiger partial charge in [-0.05, 0) is 31.0 Å². The van der Waals surface area contributed by atoms with Gasteiger partial charge in [-0.3, -0.25) is 4.57 Å². The molecule has 0 amide bonds. The molecule has 1 heterocycles. The minimum atomic E-state index is 0.778. The van der Waals surface area contributed by atoms with E-state index < -0.39 is 0 Å². The number of unbranched alkanes of at least 4 members (excludes halogenated alkanes) is 1. The topological polar surface area (TPSA) is 29.9 Å². The van der Waals surface area contributed by atoms with E-state index in [4.69, 9.17) is 11.6 Å². The standard InChI is InChI=1S/C14H18ClN3/c1-3-4-8-16-14-17-9-10-18(14)13-7-5-6-12(15)11(13)2/h5-7,9-10H,3-4,8H2,1-2H3,(H,16,17). The molecule has 3 nitrogen and oxygen atoms in total.